The number of aromatic nitrogens is 2. The lowest BCUT2D eigenvalue weighted by Gasteiger charge is -2.37. The first kappa shape index (κ1) is 25.0. The van der Waals surface area contributed by atoms with E-state index in [9.17, 15) is 23.3 Å². The molecule has 11 heteroatoms. The molecule has 0 aromatic carbocycles. The number of nitriles is 1. The number of carbonyl (C=O) groups excluding carboxylic acids is 1. The van der Waals surface area contributed by atoms with Crippen LogP contribution >= 0.6 is 15.9 Å². The summed E-state index contributed by atoms with van der Waals surface area (Å²) in [5.41, 5.74) is -0.958. The van der Waals surface area contributed by atoms with E-state index in [4.69, 9.17) is 4.74 Å². The Hall–Kier alpha value is -3.07. The summed E-state index contributed by atoms with van der Waals surface area (Å²) >= 11 is 3.47. The molecule has 0 saturated carbocycles. The number of nitrogens with zero attached hydrogens (tertiary/aromatic N) is 4. The van der Waals surface area contributed by atoms with Gasteiger partial charge in [0.2, 0.25) is 0 Å². The molecule has 0 atom stereocenters. The van der Waals surface area contributed by atoms with Crippen LogP contribution in [0.1, 0.15) is 35.8 Å². The zero-order valence-electron chi connectivity index (χ0n) is 19.0. The highest BCUT2D eigenvalue weighted by molar-refractivity contribution is 9.10. The molecule has 1 saturated heterocycles. The quantitative estimate of drug-likeness (QED) is 0.423. The molecule has 0 bridgehead atoms. The number of sulfone groups is 1. The van der Waals surface area contributed by atoms with Crippen molar-refractivity contribution < 1.29 is 17.9 Å². The standard InChI is InChI=1S/C24H23BrN4O5S/c1-2-34-23(31)17-14-20(19-7-3-4-11-29(19)22(17)30)35(32,33)16-28-12-8-24(15-26,9-13-28)21-18(25)6-5-10-27-21/h3-7,10-11,14H,2,8-9,12-13,16H2,1H3. The van der Waals surface area contributed by atoms with Gasteiger partial charge < -0.3 is 4.74 Å². The molecule has 35 heavy (non-hydrogen) atoms. The molecule has 1 aliphatic rings. The van der Waals surface area contributed by atoms with Gasteiger partial charge in [-0.3, -0.25) is 19.1 Å². The van der Waals surface area contributed by atoms with Crippen LogP contribution in [0.3, 0.4) is 0 Å². The molecule has 4 heterocycles. The Bertz CT molecular complexity index is 1490. The van der Waals surface area contributed by atoms with Gasteiger partial charge in [-0.15, -0.1) is 0 Å². The van der Waals surface area contributed by atoms with E-state index in [1.54, 1.807) is 36.2 Å². The third-order valence-corrected chi connectivity index (χ3v) is 8.50. The summed E-state index contributed by atoms with van der Waals surface area (Å²) in [6.45, 7) is 2.39. The number of fused-ring (bicyclic) bond motifs is 1. The van der Waals surface area contributed by atoms with Crippen molar-refractivity contribution in [3.63, 3.8) is 0 Å². The fraction of sp³-hybridized carbons (Fsp3) is 0.333. The van der Waals surface area contributed by atoms with Crippen LogP contribution in [0.5, 0.6) is 0 Å². The highest BCUT2D eigenvalue weighted by Gasteiger charge is 2.40. The van der Waals surface area contributed by atoms with Crippen molar-refractivity contribution >= 4 is 37.3 Å². The average Bonchev–Trinajstić information content (AvgIpc) is 2.85. The summed E-state index contributed by atoms with van der Waals surface area (Å²) in [6, 6.07) is 11.9. The predicted octanol–water partition coefficient (Wildman–Crippen LogP) is 2.92. The average molecular weight is 559 g/mol. The number of halogens is 1. The molecular weight excluding hydrogens is 536 g/mol. The number of piperidine rings is 1. The van der Waals surface area contributed by atoms with Crippen LogP contribution in [0.15, 0.2) is 63.0 Å². The fourth-order valence-electron chi connectivity index (χ4n) is 4.33. The number of carbonyl (C=O) groups is 1. The van der Waals surface area contributed by atoms with E-state index in [1.807, 2.05) is 6.07 Å². The minimum atomic E-state index is -3.94. The first-order chi connectivity index (χ1) is 16.7. The smallest absolute Gasteiger partial charge is 0.343 e. The third kappa shape index (κ3) is 4.74. The molecule has 0 N–H and O–H groups in total. The van der Waals surface area contributed by atoms with Gasteiger partial charge in [-0.2, -0.15) is 5.26 Å². The molecule has 0 spiro atoms. The first-order valence-electron chi connectivity index (χ1n) is 11.0. The zero-order valence-corrected chi connectivity index (χ0v) is 21.4. The van der Waals surface area contributed by atoms with E-state index in [-0.39, 0.29) is 28.5 Å². The molecular formula is C24H23BrN4O5S. The van der Waals surface area contributed by atoms with E-state index in [1.165, 1.54) is 12.3 Å². The number of hydrogen-bond donors (Lipinski definition) is 0. The van der Waals surface area contributed by atoms with Gasteiger partial charge in [-0.05, 0) is 66.0 Å². The number of hydrogen-bond acceptors (Lipinski definition) is 8. The number of ether oxygens (including phenoxy) is 1. The maximum Gasteiger partial charge on any atom is 0.343 e. The van der Waals surface area contributed by atoms with Gasteiger partial charge in [0.05, 0.1) is 28.8 Å². The van der Waals surface area contributed by atoms with Gasteiger partial charge in [0, 0.05) is 30.0 Å². The van der Waals surface area contributed by atoms with Crippen LogP contribution in [0, 0.1) is 11.3 Å². The van der Waals surface area contributed by atoms with Gasteiger partial charge in [0.25, 0.3) is 5.56 Å². The topological polar surface area (TPSA) is 122 Å². The first-order valence-corrected chi connectivity index (χ1v) is 13.5. The second kappa shape index (κ2) is 9.89. The van der Waals surface area contributed by atoms with Crippen molar-refractivity contribution in [2.24, 2.45) is 0 Å². The predicted molar refractivity (Wildman–Crippen MR) is 132 cm³/mol. The number of esters is 1. The van der Waals surface area contributed by atoms with E-state index in [0.717, 1.165) is 14.9 Å². The molecule has 182 valence electrons. The van der Waals surface area contributed by atoms with Crippen molar-refractivity contribution in [2.75, 3.05) is 25.6 Å². The van der Waals surface area contributed by atoms with Crippen molar-refractivity contribution in [3.05, 3.63) is 74.9 Å². The van der Waals surface area contributed by atoms with Gasteiger partial charge in [-0.25, -0.2) is 13.2 Å². The Balaban J connectivity index is 1.64. The number of pyridine rings is 3. The molecule has 3 aromatic rings. The highest BCUT2D eigenvalue weighted by Crippen LogP contribution is 2.37. The zero-order chi connectivity index (χ0) is 25.2. The number of rotatable bonds is 6. The summed E-state index contributed by atoms with van der Waals surface area (Å²) in [4.78, 5) is 31.2. The van der Waals surface area contributed by atoms with Gasteiger partial charge in [0.1, 0.15) is 16.9 Å². The molecule has 0 unspecified atom stereocenters. The van der Waals surface area contributed by atoms with Crippen LogP contribution in [0.2, 0.25) is 0 Å². The molecule has 9 nitrogen and oxygen atoms in total. The SMILES string of the molecule is CCOC(=O)c1cc(S(=O)(=O)CN2CCC(C#N)(c3ncccc3Br)CC2)c2ccccn2c1=O. The molecule has 0 amide bonds. The van der Waals surface area contributed by atoms with Crippen LogP contribution < -0.4 is 5.56 Å². The molecule has 0 radical (unpaired) electrons. The molecule has 4 rings (SSSR count). The Morgan fingerprint density at radius 2 is 2.00 bits per heavy atom. The minimum Gasteiger partial charge on any atom is -0.462 e. The largest absolute Gasteiger partial charge is 0.462 e. The van der Waals surface area contributed by atoms with Gasteiger partial charge in [0.15, 0.2) is 9.84 Å². The third-order valence-electron chi connectivity index (χ3n) is 6.16. The molecule has 0 aliphatic carbocycles. The fourth-order valence-corrected chi connectivity index (χ4v) is 6.63. The van der Waals surface area contributed by atoms with Crippen LogP contribution in [0.25, 0.3) is 5.52 Å². The van der Waals surface area contributed by atoms with Gasteiger partial charge in [-0.1, -0.05) is 6.07 Å². The second-order valence-corrected chi connectivity index (χ2v) is 11.1. The Morgan fingerprint density at radius 3 is 2.66 bits per heavy atom. The summed E-state index contributed by atoms with van der Waals surface area (Å²) in [6.07, 6.45) is 3.89. The van der Waals surface area contributed by atoms with Crippen molar-refractivity contribution in [1.82, 2.24) is 14.3 Å². The van der Waals surface area contributed by atoms with Crippen molar-refractivity contribution in [1.29, 1.82) is 5.26 Å². The van der Waals surface area contributed by atoms with E-state index in [2.05, 4.69) is 27.0 Å². The maximum absolute atomic E-state index is 13.5. The monoisotopic (exact) mass is 558 g/mol. The van der Waals surface area contributed by atoms with Gasteiger partial charge >= 0.3 is 5.97 Å². The molecule has 1 fully saturated rings. The second-order valence-electron chi connectivity index (χ2n) is 8.29. The summed E-state index contributed by atoms with van der Waals surface area (Å²) < 4.78 is 33.9. The highest BCUT2D eigenvalue weighted by atomic mass is 79.9. The Labute approximate surface area is 211 Å². The van der Waals surface area contributed by atoms with Crippen molar-refractivity contribution in [3.8, 4) is 6.07 Å². The normalized spacial score (nSPS) is 16.0. The molecule has 3 aromatic heterocycles. The van der Waals surface area contributed by atoms with E-state index < -0.39 is 26.8 Å². The lowest BCUT2D eigenvalue weighted by atomic mass is 9.77. The summed E-state index contributed by atoms with van der Waals surface area (Å²) in [5, 5.41) is 9.96. The van der Waals surface area contributed by atoms with Crippen LogP contribution in [-0.4, -0.2) is 54.2 Å². The lowest BCUT2D eigenvalue weighted by Crippen LogP contribution is -2.44. The van der Waals surface area contributed by atoms with E-state index >= 15 is 0 Å². The Morgan fingerprint density at radius 1 is 1.26 bits per heavy atom. The van der Waals surface area contributed by atoms with Crippen LogP contribution in [0.4, 0.5) is 0 Å². The van der Waals surface area contributed by atoms with Crippen molar-refractivity contribution in [2.45, 2.75) is 30.1 Å². The number of likely N-dealkylation sites (tertiary alicyclic amines) is 1. The minimum absolute atomic E-state index is 0.0542. The summed E-state index contributed by atoms with van der Waals surface area (Å²) in [5.74, 6) is -1.19. The van der Waals surface area contributed by atoms with E-state index in [0.29, 0.717) is 31.6 Å². The lowest BCUT2D eigenvalue weighted by molar-refractivity contribution is 0.0523. The maximum atomic E-state index is 13.5. The Kier molecular flexibility index (Phi) is 7.07. The van der Waals surface area contributed by atoms with Crippen LogP contribution in [-0.2, 0) is 20.0 Å². The summed E-state index contributed by atoms with van der Waals surface area (Å²) in [7, 11) is -3.94. The molecule has 1 aliphatic heterocycles.